The number of aliphatic hydroxyl groups is 1. The highest BCUT2D eigenvalue weighted by Crippen LogP contribution is 2.26. The summed E-state index contributed by atoms with van der Waals surface area (Å²) in [6, 6.07) is -14.7. The number of carbonyl (C=O) groups excluding carboxylic acids is 11. The van der Waals surface area contributed by atoms with Crippen LogP contribution in [0.25, 0.3) is 0 Å². The van der Waals surface area contributed by atoms with E-state index in [1.807, 2.05) is 41.5 Å². The lowest BCUT2D eigenvalue weighted by molar-refractivity contribution is -0.158. The number of rotatable bonds is 24. The van der Waals surface area contributed by atoms with Crippen LogP contribution in [0.3, 0.4) is 0 Å². The van der Waals surface area contributed by atoms with E-state index < -0.39 is 168 Å². The molecule has 0 aliphatic carbocycles. The fourth-order valence-corrected chi connectivity index (χ4v) is 12.8. The highest BCUT2D eigenvalue weighted by atomic mass is 16.5. The van der Waals surface area contributed by atoms with Gasteiger partial charge in [0, 0.05) is 74.4 Å². The Hall–Kier alpha value is -6.55. The molecule has 99 heavy (non-hydrogen) atoms. The van der Waals surface area contributed by atoms with Gasteiger partial charge in [-0.3, -0.25) is 57.6 Å². The third-order valence-electron chi connectivity index (χ3n) is 18.8. The summed E-state index contributed by atoms with van der Waals surface area (Å²) in [7, 11) is 8.47. The minimum atomic E-state index is -1.70. The lowest BCUT2D eigenvalue weighted by atomic mass is 9.93. The second-order valence-electron chi connectivity index (χ2n) is 28.9. The molecule has 27 nitrogen and oxygen atoms in total. The predicted octanol–water partition coefficient (Wildman–Crippen LogP) is 3.31. The summed E-state index contributed by atoms with van der Waals surface area (Å²) >= 11 is 0. The number of nitrogens with one attached hydrogen (secondary N) is 4. The Kier molecular flexibility index (Phi) is 38.1. The van der Waals surface area contributed by atoms with Crippen LogP contribution in [0.2, 0.25) is 0 Å². The van der Waals surface area contributed by atoms with Gasteiger partial charge in [-0.2, -0.15) is 0 Å². The van der Waals surface area contributed by atoms with Crippen molar-refractivity contribution in [3.63, 3.8) is 0 Å². The van der Waals surface area contributed by atoms with Crippen LogP contribution in [-0.2, 0) is 67.0 Å². The van der Waals surface area contributed by atoms with Crippen molar-refractivity contribution >= 4 is 65.0 Å². The van der Waals surface area contributed by atoms with Crippen LogP contribution in [0.15, 0.2) is 24.8 Å². The molecule has 1 unspecified atom stereocenters. The molecular formula is C72H128N12O15. The van der Waals surface area contributed by atoms with E-state index in [-0.39, 0.29) is 63.2 Å². The molecule has 14 atom stereocenters. The Morgan fingerprint density at radius 3 is 1.54 bits per heavy atom. The summed E-state index contributed by atoms with van der Waals surface area (Å²) in [5, 5.41) is 23.4. The molecule has 5 N–H and O–H groups in total. The van der Waals surface area contributed by atoms with Gasteiger partial charge in [0.25, 0.3) is 0 Å². The molecule has 11 amide bonds. The van der Waals surface area contributed by atoms with Crippen molar-refractivity contribution in [2.45, 2.75) is 235 Å². The maximum atomic E-state index is 15.6. The van der Waals surface area contributed by atoms with E-state index in [4.69, 9.17) is 14.2 Å². The van der Waals surface area contributed by atoms with Crippen LogP contribution >= 0.6 is 0 Å². The minimum Gasteiger partial charge on any atom is -0.390 e. The molecule has 0 aromatic heterocycles. The van der Waals surface area contributed by atoms with Gasteiger partial charge < -0.3 is 74.9 Å². The summed E-state index contributed by atoms with van der Waals surface area (Å²) in [5.74, 6) is -10.5. The van der Waals surface area contributed by atoms with Gasteiger partial charge in [-0.1, -0.05) is 101 Å². The van der Waals surface area contributed by atoms with E-state index in [1.165, 1.54) is 86.7 Å². The third kappa shape index (κ3) is 25.5. The van der Waals surface area contributed by atoms with Gasteiger partial charge in [-0.05, 0) is 109 Å². The highest BCUT2D eigenvalue weighted by Gasteiger charge is 2.47. The molecule has 0 bridgehead atoms. The van der Waals surface area contributed by atoms with Gasteiger partial charge in [0.05, 0.1) is 38.6 Å². The van der Waals surface area contributed by atoms with Gasteiger partial charge in [0.1, 0.15) is 66.5 Å². The number of morpholine rings is 1. The number of amides is 11. The topological polar surface area (TPSA) is 310 Å². The zero-order chi connectivity index (χ0) is 75.6. The molecule has 0 radical (unpaired) electrons. The van der Waals surface area contributed by atoms with Crippen LogP contribution in [-0.4, -0.2) is 289 Å². The van der Waals surface area contributed by atoms with Gasteiger partial charge >= 0.3 is 0 Å². The smallest absolute Gasteiger partial charge is 0.248 e. The number of ether oxygens (including phenoxy) is 3. The SMILES string of the molecule is C=CCOC[C@@H]1C(=O)N(C)C([C@@H](C)OCCCCN2CCOCC2)C(=O)N[C@@H](C(C)C)C(=O)N(C)[C@@H](CC(C)C)C(=O)N[C@@H](C)C(=O)N[C@H](C)C(=O)N(C)[C@@H](CC(C)C)C(=O)N(C)[C@@H](CC(C)C)C(=O)N(C)[C@@H](C(C)C)C(=O)N(C)[C@@H]([C@H](O)[C@H](C)/C=C/C)C(=O)N[C@@H](CC)C(=O)N1CC. The summed E-state index contributed by atoms with van der Waals surface area (Å²) < 4.78 is 17.9. The van der Waals surface area contributed by atoms with Crippen molar-refractivity contribution in [2.75, 3.05) is 101 Å². The Labute approximate surface area is 591 Å². The van der Waals surface area contributed by atoms with Crippen LogP contribution < -0.4 is 21.3 Å². The number of unbranched alkanes of at least 4 members (excludes halogenated alkanes) is 1. The molecule has 0 saturated carbocycles. The molecule has 2 fully saturated rings. The molecule has 0 aromatic rings. The number of aliphatic hydroxyl groups excluding tert-OH is 1. The van der Waals surface area contributed by atoms with Crippen molar-refractivity contribution in [2.24, 2.45) is 35.5 Å². The molecule has 27 heteroatoms. The fourth-order valence-electron chi connectivity index (χ4n) is 12.8. The third-order valence-corrected chi connectivity index (χ3v) is 18.8. The molecule has 2 rings (SSSR count). The number of nitrogens with zero attached hydrogens (tertiary/aromatic N) is 8. The second kappa shape index (κ2) is 42.6. The van der Waals surface area contributed by atoms with E-state index in [9.17, 15) is 19.5 Å². The van der Waals surface area contributed by atoms with Crippen LogP contribution in [0.4, 0.5) is 0 Å². The number of likely N-dealkylation sites (N-methyl/N-ethyl adjacent to an activating group) is 7. The van der Waals surface area contributed by atoms with Gasteiger partial charge in [-0.15, -0.1) is 6.58 Å². The van der Waals surface area contributed by atoms with E-state index in [0.717, 1.165) is 35.9 Å². The van der Waals surface area contributed by atoms with Crippen LogP contribution in [0.1, 0.15) is 156 Å². The lowest BCUT2D eigenvalue weighted by Gasteiger charge is -2.41. The Morgan fingerprint density at radius 2 is 1.03 bits per heavy atom. The second-order valence-corrected chi connectivity index (χ2v) is 28.9. The molecule has 0 spiro atoms. The standard InChI is InChI=1S/C72H128N12O15/c1-25-31-48(15)61(85)60-65(89)75-52(27-3)67(91)84(28-4)56(42-98-35-26-2)70(94)81(23)59(51(18)99-36-30-29-32-83-33-37-97-38-34-83)64(88)76-57(46(11)12)71(95)77(19)53(39-43(5)6)63(87)73-49(16)62(86)74-50(17)66(90)78(20)54(40-44(7)8)68(92)79(21)55(41-45(9)10)69(93)80(22)58(47(13)14)72(96)82(60)24/h25-26,31,43-61,85H,2,27-30,32-42H2,1,3-24H3,(H,73,87)(H,74,86)(H,75,89)(H,76,88)/b31-25+/t48-,49+,50-,51-,52+,53+,54+,55+,56-,57+,58+,59?,60+,61-/m1/s1. The quantitative estimate of drug-likeness (QED) is 0.0684. The number of allylic oxidation sites excluding steroid dienone is 1. The minimum absolute atomic E-state index is 0.0546. The van der Waals surface area contributed by atoms with Crippen molar-refractivity contribution in [1.82, 2.24) is 60.5 Å². The van der Waals surface area contributed by atoms with Crippen LogP contribution in [0.5, 0.6) is 0 Å². The molecule has 2 saturated heterocycles. The fraction of sp³-hybridized carbons (Fsp3) is 0.792. The van der Waals surface area contributed by atoms with Crippen molar-refractivity contribution < 1.29 is 72.1 Å². The van der Waals surface area contributed by atoms with E-state index in [0.29, 0.717) is 19.6 Å². The van der Waals surface area contributed by atoms with E-state index in [1.54, 1.807) is 74.5 Å². The Balaban J connectivity index is 3.13. The highest BCUT2D eigenvalue weighted by molar-refractivity contribution is 6.00. The monoisotopic (exact) mass is 1400 g/mol. The summed E-state index contributed by atoms with van der Waals surface area (Å²) in [6.07, 6.45) is 3.82. The van der Waals surface area contributed by atoms with E-state index >= 15 is 38.4 Å². The average Bonchev–Trinajstić information content (AvgIpc) is 0.801. The summed E-state index contributed by atoms with van der Waals surface area (Å²) in [6.45, 7) is 36.2. The van der Waals surface area contributed by atoms with Crippen molar-refractivity contribution in [1.29, 1.82) is 0 Å². The van der Waals surface area contributed by atoms with Crippen molar-refractivity contribution in [3.8, 4) is 0 Å². The lowest BCUT2D eigenvalue weighted by Crippen LogP contribution is -2.65. The molecule has 2 aliphatic rings. The maximum Gasteiger partial charge on any atom is 0.248 e. The predicted molar refractivity (Wildman–Crippen MR) is 381 cm³/mol. The summed E-state index contributed by atoms with van der Waals surface area (Å²) in [5.41, 5.74) is 0. The Morgan fingerprint density at radius 1 is 0.545 bits per heavy atom. The largest absolute Gasteiger partial charge is 0.390 e. The zero-order valence-corrected chi connectivity index (χ0v) is 64.3. The van der Waals surface area contributed by atoms with Gasteiger partial charge in [-0.25, -0.2) is 0 Å². The molecule has 2 aliphatic heterocycles. The first-order chi connectivity index (χ1) is 46.3. The molecule has 566 valence electrons. The van der Waals surface area contributed by atoms with Crippen LogP contribution in [0, 0.1) is 35.5 Å². The first-order valence-electron chi connectivity index (χ1n) is 35.8. The van der Waals surface area contributed by atoms with Crippen molar-refractivity contribution in [3.05, 3.63) is 24.8 Å². The molecular weight excluding hydrogens is 1270 g/mol. The summed E-state index contributed by atoms with van der Waals surface area (Å²) in [4.78, 5) is 176. The Bertz CT molecular complexity index is 2690. The number of carbonyl (C=O) groups is 11. The number of hydrogen-bond donors (Lipinski definition) is 5. The average molecular weight is 1400 g/mol. The van der Waals surface area contributed by atoms with E-state index in [2.05, 4.69) is 32.7 Å². The van der Waals surface area contributed by atoms with Gasteiger partial charge in [0.2, 0.25) is 65.0 Å². The molecule has 2 heterocycles. The number of hydrogen-bond acceptors (Lipinski definition) is 16. The maximum absolute atomic E-state index is 15.6. The first kappa shape index (κ1) is 88.5. The van der Waals surface area contributed by atoms with Gasteiger partial charge in [0.15, 0.2) is 0 Å². The normalized spacial score (nSPS) is 26.9. The first-order valence-corrected chi connectivity index (χ1v) is 35.8. The zero-order valence-electron chi connectivity index (χ0n) is 64.3. The molecule has 0 aromatic carbocycles.